The first-order valence-electron chi connectivity index (χ1n) is 6.35. The van der Waals surface area contributed by atoms with E-state index in [1.54, 1.807) is 0 Å². The van der Waals surface area contributed by atoms with Crippen LogP contribution in [0.5, 0.6) is 0 Å². The quantitative estimate of drug-likeness (QED) is 0.825. The van der Waals surface area contributed by atoms with E-state index in [1.807, 2.05) is 0 Å². The maximum Gasteiger partial charge on any atom is 0.0236 e. The molecule has 2 saturated heterocycles. The van der Waals surface area contributed by atoms with Crippen LogP contribution in [0, 0.1) is 6.92 Å². The SMILES string of the molecule is Cc1ccccc1CCN1CC2CC1CN2. The number of nitrogens with one attached hydrogen (secondary N) is 1. The van der Waals surface area contributed by atoms with Crippen molar-refractivity contribution in [1.82, 2.24) is 10.2 Å². The average Bonchev–Trinajstić information content (AvgIpc) is 2.90. The fourth-order valence-electron chi connectivity index (χ4n) is 3.08. The van der Waals surface area contributed by atoms with Gasteiger partial charge in [0.2, 0.25) is 0 Å². The van der Waals surface area contributed by atoms with Crippen LogP contribution in [0.15, 0.2) is 24.3 Å². The summed E-state index contributed by atoms with van der Waals surface area (Å²) in [6, 6.07) is 10.4. The molecule has 2 aliphatic rings. The topological polar surface area (TPSA) is 15.3 Å². The summed E-state index contributed by atoms with van der Waals surface area (Å²) in [5, 5.41) is 3.55. The molecule has 0 aliphatic carbocycles. The minimum absolute atomic E-state index is 0.780. The van der Waals surface area contributed by atoms with Gasteiger partial charge in [0, 0.05) is 31.7 Å². The lowest BCUT2D eigenvalue weighted by Crippen LogP contribution is -2.44. The van der Waals surface area contributed by atoms with Gasteiger partial charge in [0.15, 0.2) is 0 Å². The third kappa shape index (κ3) is 1.87. The van der Waals surface area contributed by atoms with E-state index < -0.39 is 0 Å². The van der Waals surface area contributed by atoms with Gasteiger partial charge in [-0.2, -0.15) is 0 Å². The van der Waals surface area contributed by atoms with Crippen molar-refractivity contribution in [1.29, 1.82) is 0 Å². The predicted octanol–water partition coefficient (Wildman–Crippen LogP) is 1.58. The molecule has 0 radical (unpaired) electrons. The van der Waals surface area contributed by atoms with Crippen LogP contribution in [0.3, 0.4) is 0 Å². The normalized spacial score (nSPS) is 28.8. The Morgan fingerprint density at radius 1 is 1.38 bits per heavy atom. The van der Waals surface area contributed by atoms with Gasteiger partial charge < -0.3 is 5.32 Å². The number of likely N-dealkylation sites (tertiary alicyclic amines) is 1. The molecule has 2 heterocycles. The van der Waals surface area contributed by atoms with Gasteiger partial charge in [0.1, 0.15) is 0 Å². The fraction of sp³-hybridized carbons (Fsp3) is 0.571. The Morgan fingerprint density at radius 2 is 2.25 bits per heavy atom. The van der Waals surface area contributed by atoms with Crippen molar-refractivity contribution in [3.63, 3.8) is 0 Å². The molecule has 0 amide bonds. The number of fused-ring (bicyclic) bond motifs is 2. The third-order valence-electron chi connectivity index (χ3n) is 4.10. The molecule has 2 fully saturated rings. The van der Waals surface area contributed by atoms with Crippen molar-refractivity contribution in [2.45, 2.75) is 31.8 Å². The molecule has 1 aromatic carbocycles. The first kappa shape index (κ1) is 10.3. The second kappa shape index (κ2) is 4.19. The molecule has 0 spiro atoms. The van der Waals surface area contributed by atoms with E-state index in [-0.39, 0.29) is 0 Å². The number of piperazine rings is 1. The van der Waals surface area contributed by atoms with Gasteiger partial charge in [-0.25, -0.2) is 0 Å². The van der Waals surface area contributed by atoms with Crippen molar-refractivity contribution in [2.24, 2.45) is 0 Å². The minimum atomic E-state index is 0.780. The van der Waals surface area contributed by atoms with Crippen molar-refractivity contribution in [2.75, 3.05) is 19.6 Å². The predicted molar refractivity (Wildman–Crippen MR) is 66.7 cm³/mol. The van der Waals surface area contributed by atoms with Crippen LogP contribution in [-0.2, 0) is 6.42 Å². The maximum atomic E-state index is 3.55. The molecule has 1 aromatic rings. The highest BCUT2D eigenvalue weighted by Gasteiger charge is 2.36. The molecular weight excluding hydrogens is 196 g/mol. The molecule has 2 atom stereocenters. The van der Waals surface area contributed by atoms with E-state index in [1.165, 1.54) is 43.6 Å². The van der Waals surface area contributed by atoms with Crippen molar-refractivity contribution >= 4 is 0 Å². The van der Waals surface area contributed by atoms with Crippen LogP contribution in [0.25, 0.3) is 0 Å². The van der Waals surface area contributed by atoms with E-state index >= 15 is 0 Å². The number of rotatable bonds is 3. The van der Waals surface area contributed by atoms with E-state index in [0.717, 1.165) is 12.1 Å². The number of hydrogen-bond acceptors (Lipinski definition) is 2. The molecule has 2 heteroatoms. The largest absolute Gasteiger partial charge is 0.311 e. The Morgan fingerprint density at radius 3 is 2.94 bits per heavy atom. The molecular formula is C14H20N2. The Labute approximate surface area is 97.6 Å². The van der Waals surface area contributed by atoms with Crippen molar-refractivity contribution in [3.8, 4) is 0 Å². The lowest BCUT2D eigenvalue weighted by molar-refractivity contribution is 0.228. The standard InChI is InChI=1S/C14H20N2/c1-11-4-2-3-5-12(11)6-7-16-10-13-8-14(16)9-15-13/h2-5,13-15H,6-10H2,1H3. The number of nitrogens with zero attached hydrogens (tertiary/aromatic N) is 1. The Kier molecular flexibility index (Phi) is 2.70. The summed E-state index contributed by atoms with van der Waals surface area (Å²) in [5.41, 5.74) is 2.95. The van der Waals surface area contributed by atoms with Gasteiger partial charge in [-0.05, 0) is 30.9 Å². The molecule has 3 rings (SSSR count). The number of hydrogen-bond donors (Lipinski definition) is 1. The lowest BCUT2D eigenvalue weighted by Gasteiger charge is -2.27. The van der Waals surface area contributed by atoms with Crippen LogP contribution in [0.2, 0.25) is 0 Å². The van der Waals surface area contributed by atoms with Gasteiger partial charge >= 0.3 is 0 Å². The van der Waals surface area contributed by atoms with Crippen LogP contribution >= 0.6 is 0 Å². The van der Waals surface area contributed by atoms with Gasteiger partial charge in [0.05, 0.1) is 0 Å². The second-order valence-corrected chi connectivity index (χ2v) is 5.17. The Hall–Kier alpha value is -0.860. The number of aryl methyl sites for hydroxylation is 1. The van der Waals surface area contributed by atoms with Crippen LogP contribution in [0.4, 0.5) is 0 Å². The summed E-state index contributed by atoms with van der Waals surface area (Å²) < 4.78 is 0. The fourth-order valence-corrected chi connectivity index (χ4v) is 3.08. The lowest BCUT2D eigenvalue weighted by atomic mass is 10.1. The Bertz CT molecular complexity index is 375. The molecule has 0 saturated carbocycles. The summed E-state index contributed by atoms with van der Waals surface area (Å²) in [7, 11) is 0. The molecule has 16 heavy (non-hydrogen) atoms. The van der Waals surface area contributed by atoms with Gasteiger partial charge in [-0.15, -0.1) is 0 Å². The van der Waals surface area contributed by atoms with Gasteiger partial charge in [0.25, 0.3) is 0 Å². The summed E-state index contributed by atoms with van der Waals surface area (Å²) >= 11 is 0. The summed E-state index contributed by atoms with van der Waals surface area (Å²) in [6.45, 7) is 5.91. The summed E-state index contributed by atoms with van der Waals surface area (Å²) in [6.07, 6.45) is 2.57. The molecule has 2 aliphatic heterocycles. The molecule has 1 N–H and O–H groups in total. The third-order valence-corrected chi connectivity index (χ3v) is 4.10. The van der Waals surface area contributed by atoms with E-state index in [2.05, 4.69) is 41.4 Å². The van der Waals surface area contributed by atoms with E-state index in [4.69, 9.17) is 0 Å². The first-order chi connectivity index (χ1) is 7.83. The molecule has 86 valence electrons. The highest BCUT2D eigenvalue weighted by atomic mass is 15.3. The molecule has 0 aromatic heterocycles. The molecule has 2 nitrogen and oxygen atoms in total. The van der Waals surface area contributed by atoms with Crippen molar-refractivity contribution in [3.05, 3.63) is 35.4 Å². The highest BCUT2D eigenvalue weighted by molar-refractivity contribution is 5.25. The first-order valence-corrected chi connectivity index (χ1v) is 6.35. The highest BCUT2D eigenvalue weighted by Crippen LogP contribution is 2.23. The van der Waals surface area contributed by atoms with E-state index in [9.17, 15) is 0 Å². The smallest absolute Gasteiger partial charge is 0.0236 e. The monoisotopic (exact) mass is 216 g/mol. The average molecular weight is 216 g/mol. The van der Waals surface area contributed by atoms with E-state index in [0.29, 0.717) is 0 Å². The Balaban J connectivity index is 1.59. The molecule has 2 unspecified atom stereocenters. The van der Waals surface area contributed by atoms with Crippen LogP contribution in [-0.4, -0.2) is 36.6 Å². The zero-order valence-corrected chi connectivity index (χ0v) is 9.95. The van der Waals surface area contributed by atoms with Gasteiger partial charge in [-0.3, -0.25) is 4.90 Å². The second-order valence-electron chi connectivity index (χ2n) is 5.17. The number of benzene rings is 1. The van der Waals surface area contributed by atoms with Crippen LogP contribution in [0.1, 0.15) is 17.5 Å². The zero-order chi connectivity index (χ0) is 11.0. The summed E-state index contributed by atoms with van der Waals surface area (Å²) in [5.74, 6) is 0. The molecule has 2 bridgehead atoms. The van der Waals surface area contributed by atoms with Crippen LogP contribution < -0.4 is 5.32 Å². The summed E-state index contributed by atoms with van der Waals surface area (Å²) in [4.78, 5) is 2.66. The maximum absolute atomic E-state index is 3.55. The minimum Gasteiger partial charge on any atom is -0.311 e. The van der Waals surface area contributed by atoms with Gasteiger partial charge in [-0.1, -0.05) is 24.3 Å². The zero-order valence-electron chi connectivity index (χ0n) is 9.95. The van der Waals surface area contributed by atoms with Crippen molar-refractivity contribution < 1.29 is 0 Å².